The van der Waals surface area contributed by atoms with Gasteiger partial charge in [-0.1, -0.05) is 89.2 Å². The van der Waals surface area contributed by atoms with Crippen molar-refractivity contribution in [2.24, 2.45) is 0 Å². The van der Waals surface area contributed by atoms with Crippen LogP contribution in [-0.4, -0.2) is 31.7 Å². The van der Waals surface area contributed by atoms with E-state index in [4.69, 9.17) is 9.47 Å². The Hall–Kier alpha value is -2.96. The molecule has 0 fully saturated rings. The Morgan fingerprint density at radius 2 is 1.35 bits per heavy atom. The zero-order valence-corrected chi connectivity index (χ0v) is 26.2. The third-order valence-corrected chi connectivity index (χ3v) is 10.8. The number of carbonyl (C=O) groups is 2. The number of carbonyl (C=O) groups excluding carboxylic acids is 2. The van der Waals surface area contributed by atoms with Crippen LogP contribution in [0.3, 0.4) is 0 Å². The highest BCUT2D eigenvalue weighted by Gasteiger charge is 2.30. The summed E-state index contributed by atoms with van der Waals surface area (Å²) < 4.78 is 11.4. The Kier molecular flexibility index (Phi) is 13.6. The zero-order valence-electron chi connectivity index (χ0n) is 25.2. The lowest BCUT2D eigenvalue weighted by molar-refractivity contribution is -0.140. The number of esters is 2. The monoisotopic (exact) mass is 564 g/mol. The highest BCUT2D eigenvalue weighted by Crippen LogP contribution is 2.28. The lowest BCUT2D eigenvalue weighted by Crippen LogP contribution is -2.46. The van der Waals surface area contributed by atoms with Gasteiger partial charge in [-0.15, -0.1) is 0 Å². The molecule has 0 amide bonds. The molecule has 0 saturated heterocycles. The first-order chi connectivity index (χ1) is 19.0. The van der Waals surface area contributed by atoms with E-state index in [2.05, 4.69) is 69.6 Å². The van der Waals surface area contributed by atoms with Gasteiger partial charge in [0.1, 0.15) is 13.2 Å². The van der Waals surface area contributed by atoms with E-state index in [-0.39, 0.29) is 19.8 Å². The van der Waals surface area contributed by atoms with Crippen LogP contribution in [0.1, 0.15) is 76.0 Å². The molecule has 0 unspecified atom stereocenters. The quantitative estimate of drug-likeness (QED) is 0.0938. The van der Waals surface area contributed by atoms with E-state index in [0.29, 0.717) is 11.1 Å². The lowest BCUT2D eigenvalue weighted by Gasteiger charge is -2.30. The number of aryl methyl sites for hydroxylation is 1. The molecule has 0 atom stereocenters. The number of hydrogen-bond donors (Lipinski definition) is 1. The van der Waals surface area contributed by atoms with E-state index in [1.165, 1.54) is 24.8 Å². The highest BCUT2D eigenvalue weighted by atomic mass is 28.3. The van der Waals surface area contributed by atoms with Crippen molar-refractivity contribution in [3.8, 4) is 11.1 Å². The molecule has 0 spiro atoms. The van der Waals surface area contributed by atoms with E-state index in [1.54, 1.807) is 13.8 Å². The maximum Gasteiger partial charge on any atom is 0.333 e. The van der Waals surface area contributed by atoms with Crippen molar-refractivity contribution in [1.29, 1.82) is 0 Å². The molecule has 2 rings (SSSR count). The summed E-state index contributed by atoms with van der Waals surface area (Å²) in [4.78, 5) is 24.8. The topological polar surface area (TPSA) is 72.8 Å². The highest BCUT2D eigenvalue weighted by molar-refractivity contribution is 6.90. The summed E-state index contributed by atoms with van der Waals surface area (Å²) in [5.74, 6) is -0.851. The first kappa shape index (κ1) is 33.2. The molecule has 2 aromatic rings. The molecule has 5 nitrogen and oxygen atoms in total. The Labute approximate surface area is 242 Å². The van der Waals surface area contributed by atoms with E-state index >= 15 is 0 Å². The van der Waals surface area contributed by atoms with Gasteiger partial charge in [0.2, 0.25) is 0 Å². The van der Waals surface area contributed by atoms with Crippen molar-refractivity contribution in [2.75, 3.05) is 6.61 Å². The van der Waals surface area contributed by atoms with Crippen LogP contribution in [0.2, 0.25) is 19.1 Å². The summed E-state index contributed by atoms with van der Waals surface area (Å²) in [5.41, 5.74) is 5.97. The van der Waals surface area contributed by atoms with Gasteiger partial charge in [-0.25, -0.2) is 9.59 Å². The van der Waals surface area contributed by atoms with Gasteiger partial charge in [-0.05, 0) is 78.2 Å². The lowest BCUT2D eigenvalue weighted by atomic mass is 9.97. The van der Waals surface area contributed by atoms with Crippen LogP contribution in [-0.2, 0) is 38.7 Å². The van der Waals surface area contributed by atoms with Gasteiger partial charge in [0.15, 0.2) is 0 Å². The zero-order chi connectivity index (χ0) is 29.7. The predicted molar refractivity (Wildman–Crippen MR) is 167 cm³/mol. The Bertz CT molecular complexity index is 1110. The number of ether oxygens (including phenoxy) is 2. The average Bonchev–Trinajstić information content (AvgIpc) is 2.92. The minimum atomic E-state index is -2.08. The average molecular weight is 565 g/mol. The molecule has 0 saturated carbocycles. The van der Waals surface area contributed by atoms with Crippen LogP contribution >= 0.6 is 0 Å². The van der Waals surface area contributed by atoms with Gasteiger partial charge in [-0.2, -0.15) is 0 Å². The molecule has 0 heterocycles. The number of benzene rings is 2. The van der Waals surface area contributed by atoms with Gasteiger partial charge in [0.25, 0.3) is 0 Å². The fourth-order valence-electron chi connectivity index (χ4n) is 4.99. The summed E-state index contributed by atoms with van der Waals surface area (Å²) in [6.07, 6.45) is 7.40. The van der Waals surface area contributed by atoms with Crippen LogP contribution in [0.5, 0.6) is 0 Å². The van der Waals surface area contributed by atoms with Crippen LogP contribution in [0, 0.1) is 0 Å². The first-order valence-electron chi connectivity index (χ1n) is 14.5. The fraction of sp³-hybridized carbons (Fsp3) is 0.471. The third-order valence-electron chi connectivity index (χ3n) is 7.21. The summed E-state index contributed by atoms with van der Waals surface area (Å²) in [6.45, 7) is 18.0. The molecule has 6 heteroatoms. The minimum absolute atomic E-state index is 0.123. The fourth-order valence-corrected chi connectivity index (χ4v) is 8.40. The van der Waals surface area contributed by atoms with E-state index in [0.717, 1.165) is 59.2 Å². The number of hydrogen-bond acceptors (Lipinski definition) is 5. The maximum absolute atomic E-state index is 12.4. The molecule has 0 aliphatic rings. The summed E-state index contributed by atoms with van der Waals surface area (Å²) in [7, 11) is -2.08. The number of rotatable bonds is 17. The van der Waals surface area contributed by atoms with Crippen LogP contribution in [0.25, 0.3) is 11.1 Å². The molecular weight excluding hydrogens is 516 g/mol. The van der Waals surface area contributed by atoms with Crippen molar-refractivity contribution in [2.45, 2.75) is 98.1 Å². The normalized spacial score (nSPS) is 11.2. The molecular formula is C34H48O5Si. The second-order valence-corrected chi connectivity index (χ2v) is 16.2. The molecule has 0 radical (unpaired) electrons. The number of aliphatic hydroxyl groups excluding tert-OH is 1. The van der Waals surface area contributed by atoms with Gasteiger partial charge >= 0.3 is 11.9 Å². The smallest absolute Gasteiger partial charge is 0.333 e. The standard InChI is InChI=1S/C34H48O5Si/c1-8-9-11-14-27-15-17-28(18-16-27)29-21-30(23-38-33(36)25(2)3)32(40(6,7)20-13-10-12-19-35)31(22-29)24-39-34(37)26(4)5/h15-18,21-22,35H,2,4,8-14,19-20,23-24H2,1,3,5-7H3. The Balaban J connectivity index is 2.59. The summed E-state index contributed by atoms with van der Waals surface area (Å²) in [6, 6.07) is 13.9. The minimum Gasteiger partial charge on any atom is -0.457 e. The molecule has 0 aromatic heterocycles. The third kappa shape index (κ3) is 10.2. The molecule has 218 valence electrons. The van der Waals surface area contributed by atoms with Crippen LogP contribution in [0.15, 0.2) is 60.7 Å². The van der Waals surface area contributed by atoms with Gasteiger partial charge in [0.05, 0.1) is 8.07 Å². The van der Waals surface area contributed by atoms with Crippen molar-refractivity contribution >= 4 is 25.2 Å². The number of unbranched alkanes of at least 4 members (excludes halogenated alkanes) is 4. The van der Waals surface area contributed by atoms with Crippen molar-refractivity contribution < 1.29 is 24.2 Å². The predicted octanol–water partition coefficient (Wildman–Crippen LogP) is 7.40. The molecule has 0 aliphatic heterocycles. The number of aliphatic hydroxyl groups is 1. The Morgan fingerprint density at radius 3 is 1.82 bits per heavy atom. The van der Waals surface area contributed by atoms with Gasteiger partial charge in [0, 0.05) is 17.8 Å². The molecule has 0 aliphatic carbocycles. The SMILES string of the molecule is C=C(C)C(=O)OCc1cc(-c2ccc(CCCCC)cc2)cc(COC(=O)C(=C)C)c1[Si](C)(C)CCCCCO. The summed E-state index contributed by atoms with van der Waals surface area (Å²) >= 11 is 0. The largest absolute Gasteiger partial charge is 0.457 e. The molecule has 2 aromatic carbocycles. The molecule has 0 bridgehead atoms. The van der Waals surface area contributed by atoms with E-state index in [1.807, 2.05) is 0 Å². The van der Waals surface area contributed by atoms with E-state index < -0.39 is 20.0 Å². The van der Waals surface area contributed by atoms with Gasteiger partial charge < -0.3 is 14.6 Å². The summed E-state index contributed by atoms with van der Waals surface area (Å²) in [5, 5.41) is 10.4. The van der Waals surface area contributed by atoms with Crippen molar-refractivity contribution in [1.82, 2.24) is 0 Å². The second kappa shape index (κ2) is 16.3. The van der Waals surface area contributed by atoms with Crippen molar-refractivity contribution in [3.63, 3.8) is 0 Å². The Morgan fingerprint density at radius 1 is 0.800 bits per heavy atom. The first-order valence-corrected chi connectivity index (χ1v) is 17.7. The second-order valence-electron chi connectivity index (χ2n) is 11.5. The van der Waals surface area contributed by atoms with Gasteiger partial charge in [-0.3, -0.25) is 0 Å². The van der Waals surface area contributed by atoms with Crippen LogP contribution < -0.4 is 5.19 Å². The molecule has 1 N–H and O–H groups in total. The van der Waals surface area contributed by atoms with E-state index in [9.17, 15) is 14.7 Å². The maximum atomic E-state index is 12.4. The van der Waals surface area contributed by atoms with Crippen LogP contribution in [0.4, 0.5) is 0 Å². The molecule has 40 heavy (non-hydrogen) atoms. The van der Waals surface area contributed by atoms with Crippen molar-refractivity contribution in [3.05, 3.63) is 77.4 Å².